The van der Waals surface area contributed by atoms with E-state index in [1.807, 2.05) is 32.0 Å². The molecule has 3 aromatic heterocycles. The number of hydrogen-bond donors (Lipinski definition) is 0. The molecule has 32 heavy (non-hydrogen) atoms. The largest absolute Gasteiger partial charge is 0.354 e. The topological polar surface area (TPSA) is 73.4 Å². The van der Waals surface area contributed by atoms with Crippen LogP contribution >= 0.6 is 0 Å². The highest BCUT2D eigenvalue weighted by Gasteiger charge is 2.30. The van der Waals surface area contributed by atoms with Crippen molar-refractivity contribution in [3.63, 3.8) is 0 Å². The Morgan fingerprint density at radius 3 is 2.31 bits per heavy atom. The summed E-state index contributed by atoms with van der Waals surface area (Å²) in [7, 11) is 0. The van der Waals surface area contributed by atoms with Crippen LogP contribution in [0.25, 0.3) is 16.7 Å². The Morgan fingerprint density at radius 2 is 1.56 bits per heavy atom. The first-order valence-electron chi connectivity index (χ1n) is 11.3. The second-order valence-corrected chi connectivity index (χ2v) is 8.81. The van der Waals surface area contributed by atoms with Crippen molar-refractivity contribution in [1.29, 1.82) is 5.26 Å². The smallest absolute Gasteiger partial charge is 0.225 e. The zero-order valence-electron chi connectivity index (χ0n) is 18.5. The lowest BCUT2D eigenvalue weighted by Gasteiger charge is -2.37. The molecular weight excluding hydrogens is 398 g/mol. The molecule has 0 atom stereocenters. The number of nitriles is 1. The van der Waals surface area contributed by atoms with Gasteiger partial charge in [-0.05, 0) is 62.4 Å². The summed E-state index contributed by atoms with van der Waals surface area (Å²) in [4.78, 5) is 19.0. The standard InChI is InChI=1S/C25H25N7/c1-16-14-17(2)28-25(27-16)31-12-10-30(11-13-31)24-19-7-5-6-18(19)20(15-26)23-29-21-8-3-4-9-22(21)32(23)24/h3-4,8-9,14H,5-7,10-13H2,1-2H3. The van der Waals surface area contributed by atoms with Crippen LogP contribution in [0, 0.1) is 25.2 Å². The van der Waals surface area contributed by atoms with E-state index in [-0.39, 0.29) is 0 Å². The van der Waals surface area contributed by atoms with E-state index in [1.165, 1.54) is 16.9 Å². The van der Waals surface area contributed by atoms with Crippen molar-refractivity contribution in [1.82, 2.24) is 19.4 Å². The molecule has 2 aliphatic rings. The zero-order chi connectivity index (χ0) is 21.8. The van der Waals surface area contributed by atoms with Crippen LogP contribution in [0.5, 0.6) is 0 Å². The fourth-order valence-corrected chi connectivity index (χ4v) is 5.36. The minimum absolute atomic E-state index is 0.750. The van der Waals surface area contributed by atoms with Crippen LogP contribution in [-0.4, -0.2) is 45.5 Å². The van der Waals surface area contributed by atoms with Gasteiger partial charge in [-0.1, -0.05) is 12.1 Å². The van der Waals surface area contributed by atoms with E-state index in [0.717, 1.165) is 85.0 Å². The van der Waals surface area contributed by atoms with Gasteiger partial charge in [-0.3, -0.25) is 4.40 Å². The molecule has 1 aromatic carbocycles. The molecule has 0 bridgehead atoms. The van der Waals surface area contributed by atoms with Crippen LogP contribution < -0.4 is 9.80 Å². The van der Waals surface area contributed by atoms with Gasteiger partial charge in [0, 0.05) is 37.6 Å². The maximum atomic E-state index is 9.99. The number of fused-ring (bicyclic) bond motifs is 4. The minimum Gasteiger partial charge on any atom is -0.354 e. The molecule has 160 valence electrons. The number of piperazine rings is 1. The van der Waals surface area contributed by atoms with Crippen molar-refractivity contribution in [2.45, 2.75) is 33.1 Å². The molecule has 0 spiro atoms. The summed E-state index contributed by atoms with van der Waals surface area (Å²) in [6.45, 7) is 7.55. The molecule has 6 rings (SSSR count). The Morgan fingerprint density at radius 1 is 0.875 bits per heavy atom. The number of pyridine rings is 1. The summed E-state index contributed by atoms with van der Waals surface area (Å²) in [5.74, 6) is 2.05. The van der Waals surface area contributed by atoms with Crippen LogP contribution in [0.3, 0.4) is 0 Å². The highest BCUT2D eigenvalue weighted by molar-refractivity contribution is 5.86. The van der Waals surface area contributed by atoms with Gasteiger partial charge in [-0.25, -0.2) is 15.0 Å². The molecule has 0 unspecified atom stereocenters. The van der Waals surface area contributed by atoms with Gasteiger partial charge in [0.1, 0.15) is 11.9 Å². The van der Waals surface area contributed by atoms with Gasteiger partial charge >= 0.3 is 0 Å². The van der Waals surface area contributed by atoms with Crippen molar-refractivity contribution < 1.29 is 0 Å². The fraction of sp³-hybridized carbons (Fsp3) is 0.360. The average Bonchev–Trinajstić information content (AvgIpc) is 3.42. The van der Waals surface area contributed by atoms with Gasteiger partial charge in [-0.15, -0.1) is 0 Å². The average molecular weight is 424 g/mol. The van der Waals surface area contributed by atoms with Crippen LogP contribution in [0.1, 0.15) is 34.5 Å². The third-order valence-corrected chi connectivity index (χ3v) is 6.73. The number of aromatic nitrogens is 4. The predicted octanol–water partition coefficient (Wildman–Crippen LogP) is 3.58. The summed E-state index contributed by atoms with van der Waals surface area (Å²) < 4.78 is 2.24. The summed E-state index contributed by atoms with van der Waals surface area (Å²) >= 11 is 0. The van der Waals surface area contributed by atoms with Crippen molar-refractivity contribution in [2.75, 3.05) is 36.0 Å². The molecule has 7 nitrogen and oxygen atoms in total. The summed E-state index contributed by atoms with van der Waals surface area (Å²) in [5, 5.41) is 9.99. The zero-order valence-corrected chi connectivity index (χ0v) is 18.5. The molecule has 1 saturated heterocycles. The molecule has 0 saturated carbocycles. The van der Waals surface area contributed by atoms with E-state index >= 15 is 0 Å². The lowest BCUT2D eigenvalue weighted by Crippen LogP contribution is -2.48. The summed E-state index contributed by atoms with van der Waals surface area (Å²) in [6, 6.07) is 12.7. The predicted molar refractivity (Wildman–Crippen MR) is 125 cm³/mol. The third kappa shape index (κ3) is 2.83. The second kappa shape index (κ2) is 7.20. The SMILES string of the molecule is Cc1cc(C)nc(N2CCN(c3c4c(c(C#N)c5nc6ccccc6n35)CCC4)CC2)n1. The van der Waals surface area contributed by atoms with E-state index in [1.54, 1.807) is 0 Å². The first kappa shape index (κ1) is 19.1. The molecule has 4 aromatic rings. The molecule has 0 N–H and O–H groups in total. The molecule has 0 radical (unpaired) electrons. The monoisotopic (exact) mass is 423 g/mol. The number of rotatable bonds is 2. The quantitative estimate of drug-likeness (QED) is 0.491. The number of anilines is 2. The van der Waals surface area contributed by atoms with Gasteiger partial charge in [0.05, 0.1) is 16.6 Å². The highest BCUT2D eigenvalue weighted by Crippen LogP contribution is 2.38. The third-order valence-electron chi connectivity index (χ3n) is 6.73. The van der Waals surface area contributed by atoms with E-state index in [9.17, 15) is 5.26 Å². The Kier molecular flexibility index (Phi) is 4.29. The number of para-hydroxylation sites is 2. The maximum Gasteiger partial charge on any atom is 0.225 e. The van der Waals surface area contributed by atoms with E-state index in [2.05, 4.69) is 42.4 Å². The summed E-state index contributed by atoms with van der Waals surface area (Å²) in [6.07, 6.45) is 3.07. The van der Waals surface area contributed by atoms with Crippen LogP contribution in [0.15, 0.2) is 30.3 Å². The van der Waals surface area contributed by atoms with Gasteiger partial charge in [-0.2, -0.15) is 5.26 Å². The fourth-order valence-electron chi connectivity index (χ4n) is 5.36. The molecular formula is C25H25N7. The number of imidazole rings is 1. The first-order chi connectivity index (χ1) is 15.6. The number of benzene rings is 1. The lowest BCUT2D eigenvalue weighted by molar-refractivity contribution is 0.629. The molecule has 1 aliphatic heterocycles. The van der Waals surface area contributed by atoms with Crippen LogP contribution in [-0.2, 0) is 12.8 Å². The van der Waals surface area contributed by atoms with Gasteiger partial charge in [0.2, 0.25) is 5.95 Å². The van der Waals surface area contributed by atoms with Gasteiger partial charge < -0.3 is 9.80 Å². The lowest BCUT2D eigenvalue weighted by atomic mass is 10.0. The van der Waals surface area contributed by atoms with Crippen molar-refractivity contribution in [2.24, 2.45) is 0 Å². The van der Waals surface area contributed by atoms with Crippen molar-refractivity contribution in [3.05, 3.63) is 58.4 Å². The Hall–Kier alpha value is -3.66. The molecule has 4 heterocycles. The Labute approximate surface area is 186 Å². The van der Waals surface area contributed by atoms with E-state index in [4.69, 9.17) is 4.98 Å². The summed E-state index contributed by atoms with van der Waals surface area (Å²) in [5.41, 5.74) is 8.10. The molecule has 1 aliphatic carbocycles. The van der Waals surface area contributed by atoms with Gasteiger partial charge in [0.25, 0.3) is 0 Å². The second-order valence-electron chi connectivity index (χ2n) is 8.81. The van der Waals surface area contributed by atoms with Crippen LogP contribution in [0.4, 0.5) is 11.8 Å². The Balaban J connectivity index is 1.45. The number of aryl methyl sites for hydroxylation is 2. The molecule has 1 fully saturated rings. The highest BCUT2D eigenvalue weighted by atomic mass is 15.3. The molecule has 7 heteroatoms. The van der Waals surface area contributed by atoms with Crippen molar-refractivity contribution >= 4 is 28.4 Å². The first-order valence-corrected chi connectivity index (χ1v) is 11.3. The van der Waals surface area contributed by atoms with Crippen molar-refractivity contribution in [3.8, 4) is 6.07 Å². The van der Waals surface area contributed by atoms with Gasteiger partial charge in [0.15, 0.2) is 5.65 Å². The van der Waals surface area contributed by atoms with E-state index in [0.29, 0.717) is 0 Å². The molecule has 0 amide bonds. The Bertz CT molecular complexity index is 1380. The van der Waals surface area contributed by atoms with E-state index < -0.39 is 0 Å². The number of nitrogens with zero attached hydrogens (tertiary/aromatic N) is 7. The number of hydrogen-bond acceptors (Lipinski definition) is 6. The maximum absolute atomic E-state index is 9.99. The minimum atomic E-state index is 0.750. The normalized spacial score (nSPS) is 16.0. The van der Waals surface area contributed by atoms with Crippen LogP contribution in [0.2, 0.25) is 0 Å².